The monoisotopic (exact) mass is 258 g/mol. The molecule has 4 nitrogen and oxygen atoms in total. The Morgan fingerprint density at radius 1 is 1.26 bits per heavy atom. The summed E-state index contributed by atoms with van der Waals surface area (Å²) in [6.45, 7) is 8.67. The van der Waals surface area contributed by atoms with Crippen LogP contribution in [0.5, 0.6) is 0 Å². The molecule has 3 rings (SSSR count). The van der Waals surface area contributed by atoms with E-state index in [2.05, 4.69) is 47.9 Å². The summed E-state index contributed by atoms with van der Waals surface area (Å²) in [5.41, 5.74) is 1.09. The third-order valence-electron chi connectivity index (χ3n) is 3.83. The molecule has 1 aliphatic heterocycles. The first kappa shape index (κ1) is 12.6. The second kappa shape index (κ2) is 4.60. The molecule has 1 N–H and O–H groups in total. The van der Waals surface area contributed by atoms with Crippen LogP contribution in [-0.4, -0.2) is 27.6 Å². The number of nitrogens with zero attached hydrogens (tertiary/aromatic N) is 3. The molecule has 19 heavy (non-hydrogen) atoms. The molecule has 0 atom stereocenters. The van der Waals surface area contributed by atoms with Crippen LogP contribution in [0.25, 0.3) is 11.0 Å². The summed E-state index contributed by atoms with van der Waals surface area (Å²) in [7, 11) is 0. The zero-order valence-corrected chi connectivity index (χ0v) is 12.0. The van der Waals surface area contributed by atoms with Crippen LogP contribution in [0.2, 0.25) is 0 Å². The van der Waals surface area contributed by atoms with Gasteiger partial charge in [-0.25, -0.2) is 9.97 Å². The molecule has 0 radical (unpaired) electrons. The van der Waals surface area contributed by atoms with Gasteiger partial charge in [-0.05, 0) is 32.0 Å². The summed E-state index contributed by atoms with van der Waals surface area (Å²) < 4.78 is 2.34. The molecule has 2 aromatic rings. The number of nitrogens with one attached hydrogen (secondary N) is 1. The first-order valence-corrected chi connectivity index (χ1v) is 7.10. The highest BCUT2D eigenvalue weighted by Gasteiger charge is 2.21. The zero-order chi connectivity index (χ0) is 13.5. The number of fused-ring (bicyclic) bond motifs is 1. The van der Waals surface area contributed by atoms with Gasteiger partial charge < -0.3 is 9.88 Å². The maximum Gasteiger partial charge on any atom is 0.143 e. The lowest BCUT2D eigenvalue weighted by Gasteiger charge is -2.25. The van der Waals surface area contributed by atoms with Gasteiger partial charge in [0.15, 0.2) is 0 Å². The summed E-state index contributed by atoms with van der Waals surface area (Å²) in [5.74, 6) is 0.925. The van der Waals surface area contributed by atoms with Gasteiger partial charge >= 0.3 is 0 Å². The molecule has 102 valence electrons. The van der Waals surface area contributed by atoms with E-state index in [0.717, 1.165) is 29.9 Å². The Morgan fingerprint density at radius 3 is 2.68 bits per heavy atom. The second-order valence-electron chi connectivity index (χ2n) is 6.43. The maximum atomic E-state index is 4.81. The van der Waals surface area contributed by atoms with Gasteiger partial charge in [0.25, 0.3) is 0 Å². The molecule has 0 aromatic carbocycles. The van der Waals surface area contributed by atoms with Gasteiger partial charge in [-0.15, -0.1) is 0 Å². The molecule has 0 spiro atoms. The van der Waals surface area contributed by atoms with E-state index < -0.39 is 0 Å². The van der Waals surface area contributed by atoms with Crippen LogP contribution in [0.3, 0.4) is 0 Å². The van der Waals surface area contributed by atoms with Crippen LogP contribution < -0.4 is 5.32 Å². The SMILES string of the molecule is CC(C)(C)c1ncc2ccn(C3CCNCC3)c2n1. The number of piperidine rings is 1. The van der Waals surface area contributed by atoms with E-state index in [1.807, 2.05) is 6.20 Å². The van der Waals surface area contributed by atoms with E-state index in [1.165, 1.54) is 12.8 Å². The normalized spacial score (nSPS) is 18.1. The quantitative estimate of drug-likeness (QED) is 0.855. The smallest absolute Gasteiger partial charge is 0.143 e. The summed E-state index contributed by atoms with van der Waals surface area (Å²) in [6, 6.07) is 2.70. The molecular weight excluding hydrogens is 236 g/mol. The van der Waals surface area contributed by atoms with Crippen molar-refractivity contribution >= 4 is 11.0 Å². The molecule has 3 heterocycles. The van der Waals surface area contributed by atoms with Gasteiger partial charge in [-0.3, -0.25) is 0 Å². The third kappa shape index (κ3) is 2.37. The fourth-order valence-corrected chi connectivity index (χ4v) is 2.68. The highest BCUT2D eigenvalue weighted by Crippen LogP contribution is 2.26. The van der Waals surface area contributed by atoms with Crippen molar-refractivity contribution in [2.45, 2.75) is 45.1 Å². The Morgan fingerprint density at radius 2 is 2.00 bits per heavy atom. The Labute approximate surface area is 114 Å². The Kier molecular flexibility index (Phi) is 3.05. The van der Waals surface area contributed by atoms with Crippen molar-refractivity contribution < 1.29 is 0 Å². The van der Waals surface area contributed by atoms with Crippen molar-refractivity contribution in [2.24, 2.45) is 0 Å². The molecule has 4 heteroatoms. The van der Waals surface area contributed by atoms with E-state index in [4.69, 9.17) is 4.98 Å². The van der Waals surface area contributed by atoms with E-state index in [-0.39, 0.29) is 5.41 Å². The lowest BCUT2D eigenvalue weighted by atomic mass is 9.96. The van der Waals surface area contributed by atoms with Crippen molar-refractivity contribution in [3.63, 3.8) is 0 Å². The van der Waals surface area contributed by atoms with Crippen LogP contribution in [-0.2, 0) is 5.41 Å². The van der Waals surface area contributed by atoms with Crippen LogP contribution in [0.1, 0.15) is 45.5 Å². The largest absolute Gasteiger partial charge is 0.329 e. The van der Waals surface area contributed by atoms with Crippen molar-refractivity contribution in [2.75, 3.05) is 13.1 Å². The molecule has 0 unspecified atom stereocenters. The third-order valence-corrected chi connectivity index (χ3v) is 3.83. The van der Waals surface area contributed by atoms with E-state index in [1.54, 1.807) is 0 Å². The van der Waals surface area contributed by atoms with Crippen molar-refractivity contribution in [1.82, 2.24) is 19.9 Å². The number of hydrogen-bond donors (Lipinski definition) is 1. The highest BCUT2D eigenvalue weighted by atomic mass is 15.1. The lowest BCUT2D eigenvalue weighted by Crippen LogP contribution is -2.29. The minimum Gasteiger partial charge on any atom is -0.329 e. The van der Waals surface area contributed by atoms with Gasteiger partial charge in [0, 0.05) is 29.2 Å². The zero-order valence-electron chi connectivity index (χ0n) is 12.0. The van der Waals surface area contributed by atoms with Crippen LogP contribution >= 0.6 is 0 Å². The summed E-state index contributed by atoms with van der Waals surface area (Å²) in [5, 5.41) is 4.56. The van der Waals surface area contributed by atoms with Gasteiger partial charge in [0.05, 0.1) is 0 Å². The van der Waals surface area contributed by atoms with Crippen LogP contribution in [0, 0.1) is 0 Å². The standard InChI is InChI=1S/C15H22N4/c1-15(2,3)14-17-10-11-6-9-19(13(11)18-14)12-4-7-16-8-5-12/h6,9-10,12,16H,4-5,7-8H2,1-3H3. The molecule has 1 saturated heterocycles. The average molecular weight is 258 g/mol. The lowest BCUT2D eigenvalue weighted by molar-refractivity contribution is 0.374. The summed E-state index contributed by atoms with van der Waals surface area (Å²) in [4.78, 5) is 9.31. The molecular formula is C15H22N4. The van der Waals surface area contributed by atoms with Gasteiger partial charge in [-0.1, -0.05) is 20.8 Å². The maximum absolute atomic E-state index is 4.81. The fraction of sp³-hybridized carbons (Fsp3) is 0.600. The Hall–Kier alpha value is -1.42. The molecule has 1 fully saturated rings. The number of aromatic nitrogens is 3. The summed E-state index contributed by atoms with van der Waals surface area (Å²) >= 11 is 0. The van der Waals surface area contributed by atoms with E-state index >= 15 is 0 Å². The van der Waals surface area contributed by atoms with Crippen molar-refractivity contribution in [1.29, 1.82) is 0 Å². The van der Waals surface area contributed by atoms with Gasteiger partial charge in [0.1, 0.15) is 11.5 Å². The second-order valence-corrected chi connectivity index (χ2v) is 6.43. The first-order valence-electron chi connectivity index (χ1n) is 7.10. The Balaban J connectivity index is 2.05. The molecule has 0 saturated carbocycles. The average Bonchev–Trinajstić information content (AvgIpc) is 2.81. The van der Waals surface area contributed by atoms with Crippen LogP contribution in [0.4, 0.5) is 0 Å². The predicted molar refractivity (Wildman–Crippen MR) is 77.4 cm³/mol. The number of rotatable bonds is 1. The van der Waals surface area contributed by atoms with E-state index in [9.17, 15) is 0 Å². The molecule has 0 aliphatic carbocycles. The van der Waals surface area contributed by atoms with Gasteiger partial charge in [0.2, 0.25) is 0 Å². The first-order chi connectivity index (χ1) is 9.05. The van der Waals surface area contributed by atoms with Gasteiger partial charge in [-0.2, -0.15) is 0 Å². The molecule has 0 amide bonds. The van der Waals surface area contributed by atoms with Crippen molar-refractivity contribution in [3.05, 3.63) is 24.3 Å². The highest BCUT2D eigenvalue weighted by molar-refractivity contribution is 5.75. The summed E-state index contributed by atoms with van der Waals surface area (Å²) in [6.07, 6.45) is 6.49. The fourth-order valence-electron chi connectivity index (χ4n) is 2.68. The van der Waals surface area contributed by atoms with Crippen LogP contribution in [0.15, 0.2) is 18.5 Å². The topological polar surface area (TPSA) is 42.7 Å². The van der Waals surface area contributed by atoms with E-state index in [0.29, 0.717) is 6.04 Å². The minimum atomic E-state index is -0.00257. The predicted octanol–water partition coefficient (Wildman–Crippen LogP) is 2.65. The van der Waals surface area contributed by atoms with Crippen molar-refractivity contribution in [3.8, 4) is 0 Å². The molecule has 0 bridgehead atoms. The Bertz CT molecular complexity index is 573. The molecule has 2 aromatic heterocycles. The molecule has 1 aliphatic rings. The number of hydrogen-bond acceptors (Lipinski definition) is 3. The minimum absolute atomic E-state index is 0.00257.